The normalized spacial score (nSPS) is 13.0. The maximum absolute atomic E-state index is 13.0. The first-order valence-electron chi connectivity index (χ1n) is 8.62. The van der Waals surface area contributed by atoms with E-state index in [4.69, 9.17) is 15.5 Å². The summed E-state index contributed by atoms with van der Waals surface area (Å²) in [5.41, 5.74) is -0.0414. The second-order valence-electron chi connectivity index (χ2n) is 5.73. The fraction of sp³-hybridized carbons (Fsp3) is 0.556. The molecule has 0 heterocycles. The Labute approximate surface area is 149 Å². The highest BCUT2D eigenvalue weighted by molar-refractivity contribution is 7.54. The van der Waals surface area contributed by atoms with Crippen molar-refractivity contribution in [2.45, 2.75) is 51.9 Å². The lowest BCUT2D eigenvalue weighted by Crippen LogP contribution is -2.04. The van der Waals surface area contributed by atoms with Crippen molar-refractivity contribution < 1.29 is 18.5 Å². The molecule has 0 saturated heterocycles. The van der Waals surface area contributed by atoms with E-state index in [1.165, 1.54) is 24.3 Å². The van der Waals surface area contributed by atoms with Crippen LogP contribution in [0, 0.1) is 22.5 Å². The van der Waals surface area contributed by atoms with E-state index in [9.17, 15) is 14.7 Å². The zero-order valence-electron chi connectivity index (χ0n) is 14.7. The maximum atomic E-state index is 13.0. The van der Waals surface area contributed by atoms with Crippen LogP contribution in [0.2, 0.25) is 0 Å². The first-order chi connectivity index (χ1) is 12.0. The molecule has 1 unspecified atom stereocenters. The summed E-state index contributed by atoms with van der Waals surface area (Å²) in [7, 11) is -3.29. The highest BCUT2D eigenvalue weighted by Crippen LogP contribution is 2.49. The average molecular weight is 367 g/mol. The molecule has 1 aromatic carbocycles. The number of nitro groups is 1. The van der Waals surface area contributed by atoms with Gasteiger partial charge in [-0.05, 0) is 31.4 Å². The minimum atomic E-state index is -3.29. The highest BCUT2D eigenvalue weighted by atomic mass is 31.2. The number of terminal acetylenes is 1. The van der Waals surface area contributed by atoms with E-state index in [0.717, 1.165) is 32.1 Å². The summed E-state index contributed by atoms with van der Waals surface area (Å²) < 4.78 is 24.1. The van der Waals surface area contributed by atoms with E-state index in [1.54, 1.807) is 0 Å². The molecule has 1 atom stereocenters. The van der Waals surface area contributed by atoms with Crippen LogP contribution in [0.5, 0.6) is 5.75 Å². The van der Waals surface area contributed by atoms with Crippen molar-refractivity contribution in [1.82, 2.24) is 0 Å². The van der Waals surface area contributed by atoms with Crippen molar-refractivity contribution in [2.75, 3.05) is 12.8 Å². The molecule has 0 aromatic heterocycles. The summed E-state index contributed by atoms with van der Waals surface area (Å²) in [5.74, 6) is 2.87. The van der Waals surface area contributed by atoms with Gasteiger partial charge < -0.3 is 4.52 Å². The van der Waals surface area contributed by atoms with Gasteiger partial charge in [-0.1, -0.05) is 26.2 Å². The molecule has 0 saturated carbocycles. The van der Waals surface area contributed by atoms with Gasteiger partial charge in [-0.15, -0.1) is 12.3 Å². The predicted molar refractivity (Wildman–Crippen MR) is 99.0 cm³/mol. The number of benzene rings is 1. The van der Waals surface area contributed by atoms with Gasteiger partial charge in [0.1, 0.15) is 5.75 Å². The topological polar surface area (TPSA) is 78.7 Å². The van der Waals surface area contributed by atoms with Gasteiger partial charge in [0.05, 0.1) is 17.7 Å². The average Bonchev–Trinajstić information content (AvgIpc) is 2.59. The molecule has 0 amide bonds. The van der Waals surface area contributed by atoms with Crippen LogP contribution in [-0.4, -0.2) is 17.7 Å². The molecule has 0 bridgehead atoms. The van der Waals surface area contributed by atoms with Crippen LogP contribution in [0.25, 0.3) is 0 Å². The second-order valence-corrected chi connectivity index (χ2v) is 7.84. The van der Waals surface area contributed by atoms with Crippen LogP contribution in [-0.2, 0) is 9.09 Å². The molecule has 0 spiro atoms. The lowest BCUT2D eigenvalue weighted by atomic mass is 10.2. The zero-order chi connectivity index (χ0) is 18.5. The quantitative estimate of drug-likeness (QED) is 0.150. The third kappa shape index (κ3) is 8.72. The minimum Gasteiger partial charge on any atom is -0.424 e. The molecule has 0 N–H and O–H groups in total. The van der Waals surface area contributed by atoms with Gasteiger partial charge in [0.2, 0.25) is 0 Å². The summed E-state index contributed by atoms with van der Waals surface area (Å²) in [6.07, 6.45) is 11.6. The third-order valence-electron chi connectivity index (χ3n) is 3.58. The number of nitrogens with zero attached hydrogens (tertiary/aromatic N) is 1. The lowest BCUT2D eigenvalue weighted by Gasteiger charge is -2.19. The van der Waals surface area contributed by atoms with Crippen molar-refractivity contribution >= 4 is 13.3 Å². The summed E-state index contributed by atoms with van der Waals surface area (Å²) in [6.45, 7) is 2.43. The number of hydrogen-bond acceptors (Lipinski definition) is 5. The summed E-state index contributed by atoms with van der Waals surface area (Å²) in [5, 5.41) is 10.7. The van der Waals surface area contributed by atoms with Crippen molar-refractivity contribution in [3.63, 3.8) is 0 Å². The molecule has 138 valence electrons. The monoisotopic (exact) mass is 367 g/mol. The standard InChI is InChI=1S/C18H26NO5P/c1-3-5-7-9-15-23-25(22,16-10-8-6-4-2)24-18-13-11-17(12-14-18)19(20)21/h1,11-14H,4-10,15-16H2,2H3. The van der Waals surface area contributed by atoms with Gasteiger partial charge >= 0.3 is 7.60 Å². The Morgan fingerprint density at radius 2 is 1.88 bits per heavy atom. The van der Waals surface area contributed by atoms with Gasteiger partial charge in [0, 0.05) is 18.6 Å². The molecular formula is C18H26NO5P. The molecule has 1 rings (SSSR count). The highest BCUT2D eigenvalue weighted by Gasteiger charge is 2.26. The van der Waals surface area contributed by atoms with E-state index in [-0.39, 0.29) is 5.69 Å². The Balaban J connectivity index is 2.66. The van der Waals surface area contributed by atoms with Crippen LogP contribution < -0.4 is 4.52 Å². The van der Waals surface area contributed by atoms with Crippen LogP contribution in [0.3, 0.4) is 0 Å². The fourth-order valence-electron chi connectivity index (χ4n) is 2.19. The van der Waals surface area contributed by atoms with Gasteiger partial charge in [-0.2, -0.15) is 0 Å². The van der Waals surface area contributed by atoms with Crippen LogP contribution in [0.15, 0.2) is 24.3 Å². The van der Waals surface area contributed by atoms with Crippen LogP contribution in [0.1, 0.15) is 51.9 Å². The van der Waals surface area contributed by atoms with Crippen LogP contribution in [0.4, 0.5) is 5.69 Å². The third-order valence-corrected chi connectivity index (χ3v) is 5.51. The van der Waals surface area contributed by atoms with Gasteiger partial charge in [-0.25, -0.2) is 4.57 Å². The molecule has 0 aliphatic carbocycles. The molecule has 0 fully saturated rings. The number of non-ortho nitro benzene ring substituents is 1. The van der Waals surface area contributed by atoms with Crippen LogP contribution >= 0.6 is 7.60 Å². The van der Waals surface area contributed by atoms with E-state index in [0.29, 0.717) is 31.4 Å². The van der Waals surface area contributed by atoms with Crippen molar-refractivity contribution in [2.24, 2.45) is 0 Å². The zero-order valence-corrected chi connectivity index (χ0v) is 15.6. The predicted octanol–water partition coefficient (Wildman–Crippen LogP) is 5.57. The van der Waals surface area contributed by atoms with Gasteiger partial charge in [-0.3, -0.25) is 14.6 Å². The second kappa shape index (κ2) is 11.7. The Kier molecular flexibility index (Phi) is 9.91. The molecule has 25 heavy (non-hydrogen) atoms. The van der Waals surface area contributed by atoms with Gasteiger partial charge in [0.15, 0.2) is 0 Å². The molecule has 0 radical (unpaired) electrons. The molecular weight excluding hydrogens is 341 g/mol. The molecule has 0 aliphatic rings. The first kappa shape index (κ1) is 21.2. The van der Waals surface area contributed by atoms with E-state index < -0.39 is 12.5 Å². The Morgan fingerprint density at radius 1 is 1.16 bits per heavy atom. The lowest BCUT2D eigenvalue weighted by molar-refractivity contribution is -0.384. The van der Waals surface area contributed by atoms with Crippen molar-refractivity contribution in [3.05, 3.63) is 34.4 Å². The maximum Gasteiger partial charge on any atom is 0.379 e. The Bertz CT molecular complexity index is 609. The Morgan fingerprint density at radius 3 is 2.48 bits per heavy atom. The fourth-order valence-corrected chi connectivity index (χ4v) is 3.93. The first-order valence-corrected chi connectivity index (χ1v) is 10.3. The largest absolute Gasteiger partial charge is 0.424 e. The summed E-state index contributed by atoms with van der Waals surface area (Å²) >= 11 is 0. The molecule has 0 aliphatic heterocycles. The van der Waals surface area contributed by atoms with E-state index in [1.807, 2.05) is 0 Å². The number of rotatable bonds is 13. The smallest absolute Gasteiger partial charge is 0.379 e. The van der Waals surface area contributed by atoms with E-state index >= 15 is 0 Å². The van der Waals surface area contributed by atoms with E-state index in [2.05, 4.69) is 12.8 Å². The van der Waals surface area contributed by atoms with Crippen molar-refractivity contribution in [1.29, 1.82) is 0 Å². The number of nitro benzene ring substituents is 1. The minimum absolute atomic E-state index is 0.0414. The molecule has 1 aromatic rings. The summed E-state index contributed by atoms with van der Waals surface area (Å²) in [6, 6.07) is 5.53. The summed E-state index contributed by atoms with van der Waals surface area (Å²) in [4.78, 5) is 10.2. The number of hydrogen-bond donors (Lipinski definition) is 0. The molecule has 6 nitrogen and oxygen atoms in total. The Hall–Kier alpha value is -1.83. The van der Waals surface area contributed by atoms with Gasteiger partial charge in [0.25, 0.3) is 5.69 Å². The number of unbranched alkanes of at least 4 members (excludes halogenated alkanes) is 5. The SMILES string of the molecule is C#CCCCCOP(=O)(CCCCCC)Oc1ccc([N+](=O)[O-])cc1. The molecule has 7 heteroatoms. The van der Waals surface area contributed by atoms with Crippen molar-refractivity contribution in [3.8, 4) is 18.1 Å².